The minimum atomic E-state index is 0. The van der Waals surface area contributed by atoms with Crippen molar-refractivity contribution < 1.29 is 42.6 Å². The van der Waals surface area contributed by atoms with Crippen molar-refractivity contribution in [2.45, 2.75) is 31.9 Å². The average Bonchev–Trinajstić information content (AvgIpc) is 2.27. The van der Waals surface area contributed by atoms with E-state index < -0.39 is 0 Å². The molecule has 1 aliphatic carbocycles. The van der Waals surface area contributed by atoms with Gasteiger partial charge in [0.05, 0.1) is 13.7 Å². The van der Waals surface area contributed by atoms with Crippen LogP contribution in [0.3, 0.4) is 0 Å². The van der Waals surface area contributed by atoms with E-state index in [-0.39, 0.29) is 39.3 Å². The number of nitrogens with zero attached hydrogens (tertiary/aromatic N) is 1. The molecule has 1 aromatic heterocycles. The van der Waals surface area contributed by atoms with Gasteiger partial charge in [-0.3, -0.25) is 0 Å². The topological polar surface area (TPSA) is 66.2 Å². The number of ether oxygens (including phenoxy) is 1. The summed E-state index contributed by atoms with van der Waals surface area (Å²) in [6.07, 6.45) is 5.21. The van der Waals surface area contributed by atoms with Crippen molar-refractivity contribution in [1.82, 2.24) is 4.98 Å². The summed E-state index contributed by atoms with van der Waals surface area (Å²) in [5.74, 6) is 0.534. The Morgan fingerprint density at radius 1 is 1.56 bits per heavy atom. The van der Waals surface area contributed by atoms with Crippen molar-refractivity contribution in [3.63, 3.8) is 0 Å². The van der Waals surface area contributed by atoms with Crippen LogP contribution in [0, 0.1) is 0 Å². The molecule has 1 aliphatic rings. The molecule has 1 aromatic rings. The second kappa shape index (κ2) is 9.05. The Kier molecular flexibility index (Phi) is 9.04. The molecule has 16 heavy (non-hydrogen) atoms. The standard InChI is InChI=1S/C7H9NO2.C4H8N.Y/c1-10-7-4-6(5-9)2-3-8-7;5-4-2-1-3-4;/h2-4,9H,5H2,1H3;4-5H,1-3H2;/q;-1;. The largest absolute Gasteiger partial charge is 0.675 e. The van der Waals surface area contributed by atoms with Gasteiger partial charge in [0.2, 0.25) is 5.88 Å². The van der Waals surface area contributed by atoms with Gasteiger partial charge in [-0.2, -0.15) is 0 Å². The Bertz CT molecular complexity index is 274. The van der Waals surface area contributed by atoms with Gasteiger partial charge in [-0.15, -0.1) is 6.04 Å². The van der Waals surface area contributed by atoms with E-state index in [0.717, 1.165) is 18.4 Å². The van der Waals surface area contributed by atoms with Gasteiger partial charge in [0.1, 0.15) is 0 Å². The number of hydrogen-bond acceptors (Lipinski definition) is 3. The summed E-state index contributed by atoms with van der Waals surface area (Å²) in [5.41, 5.74) is 7.73. The van der Waals surface area contributed by atoms with Crippen LogP contribution in [-0.4, -0.2) is 23.2 Å². The third kappa shape index (κ3) is 5.90. The van der Waals surface area contributed by atoms with Gasteiger partial charge in [-0.05, 0) is 11.6 Å². The Morgan fingerprint density at radius 2 is 2.19 bits per heavy atom. The van der Waals surface area contributed by atoms with Gasteiger partial charge >= 0.3 is 0 Å². The quantitative estimate of drug-likeness (QED) is 0.910. The number of aliphatic hydroxyl groups is 1. The molecule has 2 N–H and O–H groups in total. The Balaban J connectivity index is 0.000000318. The summed E-state index contributed by atoms with van der Waals surface area (Å²) in [6.45, 7) is 0.0267. The first-order chi connectivity index (χ1) is 7.26. The zero-order valence-electron chi connectivity index (χ0n) is 9.52. The number of pyridine rings is 1. The van der Waals surface area contributed by atoms with E-state index in [2.05, 4.69) is 4.98 Å². The van der Waals surface area contributed by atoms with Crippen LogP contribution in [0.25, 0.3) is 5.73 Å². The van der Waals surface area contributed by atoms with Crippen LogP contribution in [0.1, 0.15) is 24.8 Å². The molecule has 2 rings (SSSR count). The molecule has 0 unspecified atom stereocenters. The maximum atomic E-state index is 8.67. The number of methoxy groups -OCH3 is 1. The van der Waals surface area contributed by atoms with Crippen molar-refractivity contribution >= 4 is 0 Å². The third-order valence-electron chi connectivity index (χ3n) is 2.30. The maximum absolute atomic E-state index is 8.67. The first-order valence-corrected chi connectivity index (χ1v) is 5.07. The summed E-state index contributed by atoms with van der Waals surface area (Å²) in [7, 11) is 1.55. The van der Waals surface area contributed by atoms with E-state index in [1.54, 1.807) is 25.4 Å². The molecule has 1 radical (unpaired) electrons. The van der Waals surface area contributed by atoms with Crippen LogP contribution in [0.2, 0.25) is 0 Å². The molecule has 87 valence electrons. The molecule has 1 saturated carbocycles. The molecule has 0 aliphatic heterocycles. The molecule has 0 spiro atoms. The number of aliphatic hydroxyl groups excluding tert-OH is 1. The Labute approximate surface area is 121 Å². The monoisotopic (exact) mass is 298 g/mol. The Morgan fingerprint density at radius 3 is 2.56 bits per heavy atom. The zero-order chi connectivity index (χ0) is 11.1. The van der Waals surface area contributed by atoms with Crippen molar-refractivity contribution in [2.75, 3.05) is 7.11 Å². The predicted molar refractivity (Wildman–Crippen MR) is 58.7 cm³/mol. The van der Waals surface area contributed by atoms with Crippen LogP contribution < -0.4 is 4.74 Å². The van der Waals surface area contributed by atoms with Crippen molar-refractivity contribution in [1.29, 1.82) is 0 Å². The summed E-state index contributed by atoms with van der Waals surface area (Å²) in [5, 5.41) is 8.67. The third-order valence-corrected chi connectivity index (χ3v) is 2.30. The average molecular weight is 298 g/mol. The molecule has 0 amide bonds. The van der Waals surface area contributed by atoms with E-state index in [0.29, 0.717) is 11.9 Å². The summed E-state index contributed by atoms with van der Waals surface area (Å²) in [6, 6.07) is 3.75. The molecule has 0 atom stereocenters. The van der Waals surface area contributed by atoms with Crippen LogP contribution >= 0.6 is 0 Å². The number of aromatic nitrogens is 1. The van der Waals surface area contributed by atoms with Gasteiger partial charge < -0.3 is 15.6 Å². The van der Waals surface area contributed by atoms with Crippen molar-refractivity contribution in [3.05, 3.63) is 29.6 Å². The van der Waals surface area contributed by atoms with Crippen LogP contribution in [0.4, 0.5) is 0 Å². The molecule has 1 fully saturated rings. The second-order valence-electron chi connectivity index (χ2n) is 3.49. The van der Waals surface area contributed by atoms with Crippen molar-refractivity contribution in [3.8, 4) is 5.88 Å². The number of rotatable bonds is 2. The van der Waals surface area contributed by atoms with E-state index in [1.807, 2.05) is 0 Å². The Hall–Kier alpha value is -0.0261. The van der Waals surface area contributed by atoms with Gasteiger partial charge in [-0.25, -0.2) is 4.98 Å². The van der Waals surface area contributed by atoms with Crippen LogP contribution in [-0.2, 0) is 39.3 Å². The second-order valence-corrected chi connectivity index (χ2v) is 3.49. The minimum Gasteiger partial charge on any atom is -0.675 e. The van der Waals surface area contributed by atoms with E-state index in [9.17, 15) is 0 Å². The molecular weight excluding hydrogens is 281 g/mol. The van der Waals surface area contributed by atoms with Crippen LogP contribution in [0.5, 0.6) is 5.88 Å². The predicted octanol–water partition coefficient (Wildman–Crippen LogP) is 2.17. The number of nitrogens with one attached hydrogen (secondary N) is 1. The minimum absolute atomic E-state index is 0. The molecule has 0 bridgehead atoms. The molecular formula is C11H17N2O2Y-. The van der Waals surface area contributed by atoms with Crippen LogP contribution in [0.15, 0.2) is 18.3 Å². The molecule has 1 heterocycles. The van der Waals surface area contributed by atoms with E-state index in [1.165, 1.54) is 6.42 Å². The molecule has 0 saturated heterocycles. The zero-order valence-corrected chi connectivity index (χ0v) is 12.4. The smallest absolute Gasteiger partial charge is 0.213 e. The van der Waals surface area contributed by atoms with Gasteiger partial charge in [0.15, 0.2) is 0 Å². The fraction of sp³-hybridized carbons (Fsp3) is 0.545. The summed E-state index contributed by atoms with van der Waals surface area (Å²) >= 11 is 0. The first-order valence-electron chi connectivity index (χ1n) is 5.07. The fourth-order valence-corrected chi connectivity index (χ4v) is 1.07. The van der Waals surface area contributed by atoms with E-state index in [4.69, 9.17) is 15.6 Å². The fourth-order valence-electron chi connectivity index (χ4n) is 1.07. The summed E-state index contributed by atoms with van der Waals surface area (Å²) in [4.78, 5) is 3.87. The number of hydrogen-bond donors (Lipinski definition) is 1. The molecule has 4 nitrogen and oxygen atoms in total. The first kappa shape index (κ1) is 16.0. The van der Waals surface area contributed by atoms with E-state index >= 15 is 0 Å². The molecule has 5 heteroatoms. The van der Waals surface area contributed by atoms with Gasteiger partial charge in [-0.1, -0.05) is 19.3 Å². The summed E-state index contributed by atoms with van der Waals surface area (Å²) < 4.78 is 4.83. The normalized spacial score (nSPS) is 13.9. The van der Waals surface area contributed by atoms with Gasteiger partial charge in [0, 0.05) is 45.0 Å². The maximum Gasteiger partial charge on any atom is 0.213 e. The molecule has 0 aromatic carbocycles. The van der Waals surface area contributed by atoms with Crippen molar-refractivity contribution in [2.24, 2.45) is 0 Å². The van der Waals surface area contributed by atoms with Gasteiger partial charge in [0.25, 0.3) is 0 Å². The SMILES string of the molecule is COc1cc(CO)ccn1.[NH-]C1CCC1.[Y].